The van der Waals surface area contributed by atoms with Crippen LogP contribution in [0.5, 0.6) is 0 Å². The summed E-state index contributed by atoms with van der Waals surface area (Å²) in [4.78, 5) is 37.6. The number of aromatic nitrogens is 1. The van der Waals surface area contributed by atoms with Crippen LogP contribution >= 0.6 is 0 Å². The monoisotopic (exact) mass is 295 g/mol. The lowest BCUT2D eigenvalue weighted by molar-refractivity contribution is -0.389. The van der Waals surface area contributed by atoms with Crippen LogP contribution in [-0.2, 0) is 4.79 Å². The number of rotatable bonds is 4. The van der Waals surface area contributed by atoms with Crippen molar-refractivity contribution >= 4 is 17.7 Å². The fourth-order valence-corrected chi connectivity index (χ4v) is 2.64. The van der Waals surface area contributed by atoms with Gasteiger partial charge in [-0.1, -0.05) is 6.92 Å². The average molecular weight is 295 g/mol. The molecule has 0 bridgehead atoms. The van der Waals surface area contributed by atoms with Crippen LogP contribution in [0.4, 0.5) is 5.82 Å². The molecule has 1 amide bonds. The highest BCUT2D eigenvalue weighted by molar-refractivity contribution is 5.93. The summed E-state index contributed by atoms with van der Waals surface area (Å²) in [6.07, 6.45) is 1.32. The SMILES string of the molecule is CCC1(C(=O)O)CCN(C(=O)c2ccc([N+](=O)[O-])[nH]2)CC1. The number of piperidine rings is 1. The summed E-state index contributed by atoms with van der Waals surface area (Å²) in [6, 6.07) is 2.62. The Morgan fingerprint density at radius 3 is 2.48 bits per heavy atom. The van der Waals surface area contributed by atoms with Gasteiger partial charge < -0.3 is 20.1 Å². The van der Waals surface area contributed by atoms with Crippen LogP contribution in [0.3, 0.4) is 0 Å². The van der Waals surface area contributed by atoms with Crippen molar-refractivity contribution < 1.29 is 19.6 Å². The van der Waals surface area contributed by atoms with Crippen LogP contribution in [0, 0.1) is 15.5 Å². The predicted octanol–water partition coefficient (Wildman–Crippen LogP) is 1.64. The van der Waals surface area contributed by atoms with Gasteiger partial charge in [0.05, 0.1) is 5.41 Å². The van der Waals surface area contributed by atoms with E-state index in [4.69, 9.17) is 0 Å². The molecule has 2 rings (SSSR count). The van der Waals surface area contributed by atoms with Crippen molar-refractivity contribution in [2.24, 2.45) is 5.41 Å². The highest BCUT2D eigenvalue weighted by Gasteiger charge is 2.41. The highest BCUT2D eigenvalue weighted by atomic mass is 16.6. The van der Waals surface area contributed by atoms with Crippen LogP contribution in [0.1, 0.15) is 36.7 Å². The van der Waals surface area contributed by atoms with Crippen LogP contribution in [0.15, 0.2) is 12.1 Å². The first kappa shape index (κ1) is 15.0. The molecular formula is C13H17N3O5. The number of carbonyl (C=O) groups excluding carboxylic acids is 1. The Morgan fingerprint density at radius 2 is 2.05 bits per heavy atom. The number of likely N-dealkylation sites (tertiary alicyclic amines) is 1. The summed E-state index contributed by atoms with van der Waals surface area (Å²) >= 11 is 0. The Kier molecular flexibility index (Phi) is 3.97. The fraction of sp³-hybridized carbons (Fsp3) is 0.538. The summed E-state index contributed by atoms with van der Waals surface area (Å²) < 4.78 is 0. The van der Waals surface area contributed by atoms with Crippen molar-refractivity contribution in [1.82, 2.24) is 9.88 Å². The Morgan fingerprint density at radius 1 is 1.43 bits per heavy atom. The number of nitrogens with zero attached hydrogens (tertiary/aromatic N) is 2. The molecular weight excluding hydrogens is 278 g/mol. The molecule has 0 spiro atoms. The molecule has 21 heavy (non-hydrogen) atoms. The zero-order chi connectivity index (χ0) is 15.6. The van der Waals surface area contributed by atoms with Gasteiger partial charge in [0.2, 0.25) is 0 Å². The lowest BCUT2D eigenvalue weighted by Gasteiger charge is -2.37. The molecule has 114 valence electrons. The number of carboxylic acids is 1. The molecule has 2 N–H and O–H groups in total. The van der Waals surface area contributed by atoms with Crippen LogP contribution < -0.4 is 0 Å². The molecule has 0 atom stereocenters. The van der Waals surface area contributed by atoms with Crippen LogP contribution in [-0.4, -0.2) is 44.9 Å². The Hall–Kier alpha value is -2.38. The molecule has 1 aliphatic heterocycles. The third kappa shape index (κ3) is 2.74. The number of hydrogen-bond donors (Lipinski definition) is 2. The number of nitrogens with one attached hydrogen (secondary N) is 1. The lowest BCUT2D eigenvalue weighted by Crippen LogP contribution is -2.46. The Balaban J connectivity index is 2.06. The fourth-order valence-electron chi connectivity index (χ4n) is 2.64. The average Bonchev–Trinajstić information content (AvgIpc) is 2.96. The first-order valence-electron chi connectivity index (χ1n) is 6.76. The second-order valence-corrected chi connectivity index (χ2v) is 5.25. The van der Waals surface area contributed by atoms with E-state index in [-0.39, 0.29) is 17.4 Å². The number of amides is 1. The van der Waals surface area contributed by atoms with Gasteiger partial charge in [0, 0.05) is 19.2 Å². The maximum absolute atomic E-state index is 12.2. The molecule has 0 radical (unpaired) electrons. The van der Waals surface area contributed by atoms with Gasteiger partial charge >= 0.3 is 11.8 Å². The van der Waals surface area contributed by atoms with Crippen molar-refractivity contribution in [1.29, 1.82) is 0 Å². The van der Waals surface area contributed by atoms with E-state index in [1.54, 1.807) is 0 Å². The lowest BCUT2D eigenvalue weighted by atomic mass is 9.76. The van der Waals surface area contributed by atoms with E-state index in [1.165, 1.54) is 17.0 Å². The highest BCUT2D eigenvalue weighted by Crippen LogP contribution is 2.35. The molecule has 1 aromatic heterocycles. The maximum atomic E-state index is 12.2. The van der Waals surface area contributed by atoms with Crippen molar-refractivity contribution in [3.8, 4) is 0 Å². The minimum atomic E-state index is -0.826. The standard InChI is InChI=1S/C13H17N3O5/c1-2-13(12(18)19)5-7-15(8-6-13)11(17)9-3-4-10(14-9)16(20)21/h3-4,14H,2,5-8H2,1H3,(H,18,19). The molecule has 8 nitrogen and oxygen atoms in total. The van der Waals surface area contributed by atoms with Gasteiger partial charge in [0.1, 0.15) is 0 Å². The molecule has 8 heteroatoms. The van der Waals surface area contributed by atoms with Gasteiger partial charge in [0.25, 0.3) is 5.91 Å². The molecule has 1 saturated heterocycles. The zero-order valence-electron chi connectivity index (χ0n) is 11.7. The minimum Gasteiger partial charge on any atom is -0.481 e. The normalized spacial score (nSPS) is 17.5. The molecule has 0 saturated carbocycles. The van der Waals surface area contributed by atoms with E-state index in [0.29, 0.717) is 32.4 Å². The van der Waals surface area contributed by atoms with Crippen molar-refractivity contribution in [3.63, 3.8) is 0 Å². The van der Waals surface area contributed by atoms with Gasteiger partial charge in [-0.05, 0) is 30.3 Å². The number of hydrogen-bond acceptors (Lipinski definition) is 4. The largest absolute Gasteiger partial charge is 0.481 e. The Labute approximate surface area is 120 Å². The number of aromatic amines is 1. The summed E-state index contributed by atoms with van der Waals surface area (Å²) in [7, 11) is 0. The minimum absolute atomic E-state index is 0.154. The Bertz CT molecular complexity index is 572. The first-order chi connectivity index (χ1) is 9.89. The van der Waals surface area contributed by atoms with Gasteiger partial charge in [-0.15, -0.1) is 0 Å². The number of aliphatic carboxylic acids is 1. The van der Waals surface area contributed by atoms with Crippen molar-refractivity contribution in [2.45, 2.75) is 26.2 Å². The number of carboxylic acid groups (broad SMARTS) is 1. The summed E-state index contributed by atoms with van der Waals surface area (Å²) in [5.74, 6) is -1.39. The molecule has 1 fully saturated rings. The van der Waals surface area contributed by atoms with Gasteiger partial charge in [-0.3, -0.25) is 9.59 Å². The van der Waals surface area contributed by atoms with E-state index in [1.807, 2.05) is 6.92 Å². The third-order valence-corrected chi connectivity index (χ3v) is 4.24. The van der Waals surface area contributed by atoms with E-state index in [2.05, 4.69) is 4.98 Å². The van der Waals surface area contributed by atoms with E-state index < -0.39 is 16.3 Å². The predicted molar refractivity (Wildman–Crippen MR) is 72.9 cm³/mol. The number of carbonyl (C=O) groups is 2. The molecule has 1 aliphatic rings. The van der Waals surface area contributed by atoms with Crippen molar-refractivity contribution in [3.05, 3.63) is 27.9 Å². The molecule has 0 aliphatic carbocycles. The second kappa shape index (κ2) is 5.55. The quantitative estimate of drug-likeness (QED) is 0.647. The van der Waals surface area contributed by atoms with E-state index >= 15 is 0 Å². The van der Waals surface area contributed by atoms with E-state index in [9.17, 15) is 24.8 Å². The van der Waals surface area contributed by atoms with Crippen LogP contribution in [0.25, 0.3) is 0 Å². The van der Waals surface area contributed by atoms with Gasteiger partial charge in [-0.2, -0.15) is 0 Å². The maximum Gasteiger partial charge on any atom is 0.321 e. The summed E-state index contributed by atoms with van der Waals surface area (Å²) in [5, 5.41) is 19.9. The topological polar surface area (TPSA) is 117 Å². The number of nitro groups is 1. The third-order valence-electron chi connectivity index (χ3n) is 4.24. The van der Waals surface area contributed by atoms with E-state index in [0.717, 1.165) is 0 Å². The smallest absolute Gasteiger partial charge is 0.321 e. The molecule has 0 unspecified atom stereocenters. The van der Waals surface area contributed by atoms with Crippen molar-refractivity contribution in [2.75, 3.05) is 13.1 Å². The number of H-pyrrole nitrogens is 1. The van der Waals surface area contributed by atoms with Crippen LogP contribution in [0.2, 0.25) is 0 Å². The first-order valence-corrected chi connectivity index (χ1v) is 6.76. The molecule has 1 aromatic rings. The summed E-state index contributed by atoms with van der Waals surface area (Å²) in [5.41, 5.74) is -0.612. The molecule has 2 heterocycles. The zero-order valence-corrected chi connectivity index (χ0v) is 11.7. The van der Waals surface area contributed by atoms with Gasteiger partial charge in [0.15, 0.2) is 5.69 Å². The molecule has 0 aromatic carbocycles. The second-order valence-electron chi connectivity index (χ2n) is 5.25. The summed E-state index contributed by atoms with van der Waals surface area (Å²) in [6.45, 7) is 2.51. The van der Waals surface area contributed by atoms with Gasteiger partial charge in [-0.25, -0.2) is 4.98 Å².